The first kappa shape index (κ1) is 17.6. The number of aryl methyl sites for hydroxylation is 2. The van der Waals surface area contributed by atoms with Gasteiger partial charge in [0, 0.05) is 6.92 Å². The van der Waals surface area contributed by atoms with Crippen LogP contribution in [-0.2, 0) is 5.75 Å². The van der Waals surface area contributed by atoms with Crippen molar-refractivity contribution in [2.45, 2.75) is 24.8 Å². The molecule has 9 heteroatoms. The van der Waals surface area contributed by atoms with E-state index < -0.39 is 0 Å². The lowest BCUT2D eigenvalue weighted by atomic mass is 10.2. The second kappa shape index (κ2) is 6.85. The molecular weight excluding hydrogens is 388 g/mol. The first-order valence-electron chi connectivity index (χ1n) is 8.99. The highest BCUT2D eigenvalue weighted by atomic mass is 32.2. The monoisotopic (exact) mass is 404 g/mol. The van der Waals surface area contributed by atoms with Crippen LogP contribution < -0.4 is 5.56 Å². The van der Waals surface area contributed by atoms with Crippen LogP contribution in [0.1, 0.15) is 17.3 Å². The predicted octanol–water partition coefficient (Wildman–Crippen LogP) is 3.33. The Bertz CT molecular complexity index is 1400. The maximum atomic E-state index is 13.3. The molecule has 3 aromatic heterocycles. The number of aromatic nitrogens is 6. The van der Waals surface area contributed by atoms with E-state index in [0.29, 0.717) is 33.9 Å². The van der Waals surface area contributed by atoms with Crippen LogP contribution in [0.2, 0.25) is 0 Å². The Morgan fingerprint density at radius 2 is 1.76 bits per heavy atom. The third kappa shape index (κ3) is 2.99. The molecule has 2 aromatic carbocycles. The standard InChI is InChI=1S/C20H16N6O2S/c1-12-7-9-14(10-8-12)25-18(27)15-5-3-4-6-16(15)26-19(25)23-24-20(26)29-11-17-22-21-13(2)28-17/h3-10H,11H2,1-2H3. The highest BCUT2D eigenvalue weighted by molar-refractivity contribution is 7.98. The molecule has 8 nitrogen and oxygen atoms in total. The highest BCUT2D eigenvalue weighted by Gasteiger charge is 2.18. The summed E-state index contributed by atoms with van der Waals surface area (Å²) >= 11 is 1.43. The van der Waals surface area contributed by atoms with Gasteiger partial charge in [-0.15, -0.1) is 20.4 Å². The zero-order valence-electron chi connectivity index (χ0n) is 15.7. The molecule has 29 heavy (non-hydrogen) atoms. The second-order valence-corrected chi connectivity index (χ2v) is 7.56. The van der Waals surface area contributed by atoms with E-state index in [2.05, 4.69) is 20.4 Å². The predicted molar refractivity (Wildman–Crippen MR) is 109 cm³/mol. The lowest BCUT2D eigenvalue weighted by molar-refractivity contribution is 0.485. The summed E-state index contributed by atoms with van der Waals surface area (Å²) in [5.41, 5.74) is 2.48. The third-order valence-electron chi connectivity index (χ3n) is 4.58. The molecule has 0 radical (unpaired) electrons. The number of para-hydroxylation sites is 1. The van der Waals surface area contributed by atoms with Gasteiger partial charge < -0.3 is 4.42 Å². The van der Waals surface area contributed by atoms with E-state index in [9.17, 15) is 4.79 Å². The molecule has 0 amide bonds. The number of hydrogen-bond donors (Lipinski definition) is 0. The summed E-state index contributed by atoms with van der Waals surface area (Å²) < 4.78 is 8.94. The van der Waals surface area contributed by atoms with Gasteiger partial charge in [0.25, 0.3) is 5.56 Å². The molecule has 0 spiro atoms. The van der Waals surface area contributed by atoms with E-state index in [4.69, 9.17) is 4.42 Å². The van der Waals surface area contributed by atoms with Gasteiger partial charge in [-0.25, -0.2) is 4.57 Å². The Labute approximate surface area is 169 Å². The van der Waals surface area contributed by atoms with E-state index in [1.165, 1.54) is 11.8 Å². The summed E-state index contributed by atoms with van der Waals surface area (Å²) in [4.78, 5) is 13.3. The minimum Gasteiger partial charge on any atom is -0.425 e. The van der Waals surface area contributed by atoms with Gasteiger partial charge in [-0.2, -0.15) is 0 Å². The quantitative estimate of drug-likeness (QED) is 0.424. The first-order valence-corrected chi connectivity index (χ1v) is 9.98. The number of benzene rings is 2. The van der Waals surface area contributed by atoms with Crippen molar-refractivity contribution in [2.24, 2.45) is 0 Å². The summed E-state index contributed by atoms with van der Waals surface area (Å²) in [6, 6.07) is 15.2. The fourth-order valence-electron chi connectivity index (χ4n) is 3.22. The molecular formula is C20H16N6O2S. The van der Waals surface area contributed by atoms with Crippen LogP contribution in [0.15, 0.2) is 62.9 Å². The van der Waals surface area contributed by atoms with Crippen molar-refractivity contribution in [1.29, 1.82) is 0 Å². The van der Waals surface area contributed by atoms with Crippen molar-refractivity contribution in [2.75, 3.05) is 0 Å². The maximum Gasteiger partial charge on any atom is 0.267 e. The number of rotatable bonds is 4. The zero-order chi connectivity index (χ0) is 20.0. The summed E-state index contributed by atoms with van der Waals surface area (Å²) in [7, 11) is 0. The largest absolute Gasteiger partial charge is 0.425 e. The fourth-order valence-corrected chi connectivity index (χ4v) is 4.00. The fraction of sp³-hybridized carbons (Fsp3) is 0.150. The summed E-state index contributed by atoms with van der Waals surface area (Å²) in [5, 5.41) is 17.8. The normalized spacial score (nSPS) is 11.5. The molecule has 5 rings (SSSR count). The molecule has 0 fully saturated rings. The lowest BCUT2D eigenvalue weighted by Gasteiger charge is -2.11. The molecule has 0 aliphatic carbocycles. The van der Waals surface area contributed by atoms with Crippen LogP contribution in [0.25, 0.3) is 22.4 Å². The SMILES string of the molecule is Cc1ccc(-n2c(=O)c3ccccc3n3c(SCc4nnc(C)o4)nnc23)cc1. The molecule has 0 unspecified atom stereocenters. The van der Waals surface area contributed by atoms with Crippen LogP contribution in [0.3, 0.4) is 0 Å². The Hall–Kier alpha value is -3.46. The molecule has 0 aliphatic heterocycles. The molecule has 144 valence electrons. The maximum absolute atomic E-state index is 13.3. The highest BCUT2D eigenvalue weighted by Crippen LogP contribution is 2.25. The lowest BCUT2D eigenvalue weighted by Crippen LogP contribution is -2.21. The van der Waals surface area contributed by atoms with Crippen molar-refractivity contribution >= 4 is 28.4 Å². The van der Waals surface area contributed by atoms with E-state index in [1.807, 2.05) is 59.9 Å². The average molecular weight is 404 g/mol. The van der Waals surface area contributed by atoms with Gasteiger partial charge in [0.2, 0.25) is 17.6 Å². The van der Waals surface area contributed by atoms with Crippen molar-refractivity contribution < 1.29 is 4.42 Å². The van der Waals surface area contributed by atoms with Crippen molar-refractivity contribution in [3.63, 3.8) is 0 Å². The number of fused-ring (bicyclic) bond motifs is 3. The van der Waals surface area contributed by atoms with Gasteiger partial charge in [0.1, 0.15) is 0 Å². The van der Waals surface area contributed by atoms with Crippen molar-refractivity contribution in [3.8, 4) is 5.69 Å². The van der Waals surface area contributed by atoms with E-state index in [1.54, 1.807) is 11.5 Å². The average Bonchev–Trinajstić information content (AvgIpc) is 3.34. The van der Waals surface area contributed by atoms with Gasteiger partial charge in [-0.05, 0) is 31.2 Å². The smallest absolute Gasteiger partial charge is 0.267 e. The van der Waals surface area contributed by atoms with Gasteiger partial charge in [0.15, 0.2) is 5.16 Å². The molecule has 0 aliphatic rings. The molecule has 0 saturated carbocycles. The van der Waals surface area contributed by atoms with Gasteiger partial charge in [-0.1, -0.05) is 41.6 Å². The second-order valence-electron chi connectivity index (χ2n) is 6.61. The Balaban J connectivity index is 1.73. The molecule has 0 saturated heterocycles. The van der Waals surface area contributed by atoms with E-state index in [-0.39, 0.29) is 5.56 Å². The third-order valence-corrected chi connectivity index (χ3v) is 5.49. The number of nitrogens with zero attached hydrogens (tertiary/aromatic N) is 6. The Kier molecular flexibility index (Phi) is 4.17. The van der Waals surface area contributed by atoms with Gasteiger partial charge in [0.05, 0.1) is 22.3 Å². The van der Waals surface area contributed by atoms with Gasteiger partial charge in [-0.3, -0.25) is 9.20 Å². The number of thioether (sulfide) groups is 1. The van der Waals surface area contributed by atoms with Crippen LogP contribution in [0.5, 0.6) is 0 Å². The molecule has 0 N–H and O–H groups in total. The first-order chi connectivity index (χ1) is 14.1. The van der Waals surface area contributed by atoms with Crippen molar-refractivity contribution in [1.82, 2.24) is 29.4 Å². The van der Waals surface area contributed by atoms with Gasteiger partial charge >= 0.3 is 0 Å². The van der Waals surface area contributed by atoms with E-state index >= 15 is 0 Å². The zero-order valence-corrected chi connectivity index (χ0v) is 16.6. The van der Waals surface area contributed by atoms with Crippen LogP contribution in [0.4, 0.5) is 0 Å². The minimum absolute atomic E-state index is 0.131. The van der Waals surface area contributed by atoms with Crippen molar-refractivity contribution in [3.05, 3.63) is 76.2 Å². The minimum atomic E-state index is -0.131. The van der Waals surface area contributed by atoms with Crippen LogP contribution in [-0.4, -0.2) is 29.4 Å². The van der Waals surface area contributed by atoms with Crippen LogP contribution in [0, 0.1) is 13.8 Å². The summed E-state index contributed by atoms with van der Waals surface area (Å²) in [6.45, 7) is 3.76. The summed E-state index contributed by atoms with van der Waals surface area (Å²) in [6.07, 6.45) is 0. The molecule has 0 atom stereocenters. The Morgan fingerprint density at radius 3 is 2.52 bits per heavy atom. The summed E-state index contributed by atoms with van der Waals surface area (Å²) in [5.74, 6) is 1.95. The molecule has 0 bridgehead atoms. The van der Waals surface area contributed by atoms with E-state index in [0.717, 1.165) is 16.8 Å². The Morgan fingerprint density at radius 1 is 0.966 bits per heavy atom. The number of hydrogen-bond acceptors (Lipinski definition) is 7. The molecule has 5 aromatic rings. The topological polar surface area (TPSA) is 91.1 Å². The molecule has 3 heterocycles. The van der Waals surface area contributed by atoms with Crippen LogP contribution >= 0.6 is 11.8 Å².